The summed E-state index contributed by atoms with van der Waals surface area (Å²) in [5.41, 5.74) is 1.78. The number of amides is 1. The molecule has 0 saturated carbocycles. The Hall–Kier alpha value is -3.45. The van der Waals surface area contributed by atoms with Gasteiger partial charge in [0.15, 0.2) is 17.3 Å². The summed E-state index contributed by atoms with van der Waals surface area (Å²) in [6.07, 6.45) is 1.58. The van der Waals surface area contributed by atoms with E-state index < -0.39 is 5.91 Å². The lowest BCUT2D eigenvalue weighted by molar-refractivity contribution is 0.101. The molecule has 1 amide bonds. The number of nitrogens with one attached hydrogen (secondary N) is 1. The van der Waals surface area contributed by atoms with Crippen LogP contribution >= 0.6 is 11.6 Å². The second kappa shape index (κ2) is 7.66. The van der Waals surface area contributed by atoms with E-state index in [2.05, 4.69) is 15.6 Å². The number of hydrogen-bond donors (Lipinski definition) is 1. The fraction of sp³-hybridized carbons (Fsp3) is 0.0500. The Kier molecular flexibility index (Phi) is 4.90. The molecule has 0 spiro atoms. The first-order valence-electron chi connectivity index (χ1n) is 8.39. The van der Waals surface area contributed by atoms with Crippen molar-refractivity contribution in [3.63, 3.8) is 0 Å². The van der Waals surface area contributed by atoms with Gasteiger partial charge >= 0.3 is 0 Å². The molecule has 28 heavy (non-hydrogen) atoms. The zero-order valence-electron chi connectivity index (χ0n) is 14.5. The number of hydrogen-bond acceptors (Lipinski definition) is 4. The molecule has 0 fully saturated rings. The molecule has 0 saturated heterocycles. The van der Waals surface area contributed by atoms with E-state index in [-0.39, 0.29) is 22.4 Å². The quantitative estimate of drug-likeness (QED) is 0.533. The van der Waals surface area contributed by atoms with Crippen molar-refractivity contribution in [2.24, 2.45) is 0 Å². The number of carbonyl (C=O) groups excluding carboxylic acids is 1. The van der Waals surface area contributed by atoms with Crippen LogP contribution in [0.25, 0.3) is 11.3 Å². The van der Waals surface area contributed by atoms with E-state index in [9.17, 15) is 9.18 Å². The van der Waals surface area contributed by atoms with Crippen LogP contribution in [0.4, 0.5) is 10.2 Å². The van der Waals surface area contributed by atoms with Crippen LogP contribution in [0.1, 0.15) is 16.1 Å². The van der Waals surface area contributed by atoms with Crippen LogP contribution in [0.3, 0.4) is 0 Å². The highest BCUT2D eigenvalue weighted by Gasteiger charge is 2.17. The Morgan fingerprint density at radius 2 is 1.89 bits per heavy atom. The summed E-state index contributed by atoms with van der Waals surface area (Å²) in [6.45, 7) is 0.387. The lowest BCUT2D eigenvalue weighted by atomic mass is 10.1. The molecule has 140 valence electrons. The van der Waals surface area contributed by atoms with Crippen LogP contribution in [0.5, 0.6) is 0 Å². The molecule has 2 aromatic heterocycles. The largest absolute Gasteiger partial charge is 0.355 e. The average molecular weight is 397 g/mol. The SMILES string of the molecule is O=C(Nc1nn(Cc2ccc(F)cc2)cc1Cl)c1cc(-c2ccccc2)on1. The van der Waals surface area contributed by atoms with Crippen LogP contribution in [-0.2, 0) is 6.54 Å². The van der Waals surface area contributed by atoms with Crippen molar-refractivity contribution >= 4 is 23.3 Å². The van der Waals surface area contributed by atoms with Gasteiger partial charge in [0.1, 0.15) is 10.8 Å². The monoisotopic (exact) mass is 396 g/mol. The number of aromatic nitrogens is 3. The van der Waals surface area contributed by atoms with Crippen molar-refractivity contribution in [1.29, 1.82) is 0 Å². The van der Waals surface area contributed by atoms with Crippen molar-refractivity contribution in [2.45, 2.75) is 6.54 Å². The molecule has 2 heterocycles. The van der Waals surface area contributed by atoms with Gasteiger partial charge in [0.05, 0.1) is 6.54 Å². The van der Waals surface area contributed by atoms with Gasteiger partial charge in [-0.2, -0.15) is 5.10 Å². The maximum atomic E-state index is 13.0. The Morgan fingerprint density at radius 1 is 1.14 bits per heavy atom. The van der Waals surface area contributed by atoms with Gasteiger partial charge in [0, 0.05) is 17.8 Å². The summed E-state index contributed by atoms with van der Waals surface area (Å²) >= 11 is 6.17. The Balaban J connectivity index is 1.47. The van der Waals surface area contributed by atoms with E-state index in [1.807, 2.05) is 30.3 Å². The van der Waals surface area contributed by atoms with E-state index in [0.717, 1.165) is 11.1 Å². The van der Waals surface area contributed by atoms with Crippen molar-refractivity contribution in [2.75, 3.05) is 5.32 Å². The summed E-state index contributed by atoms with van der Waals surface area (Å²) in [4.78, 5) is 12.4. The molecule has 0 aliphatic carbocycles. The van der Waals surface area contributed by atoms with E-state index in [4.69, 9.17) is 16.1 Å². The van der Waals surface area contributed by atoms with Gasteiger partial charge in [0.25, 0.3) is 5.91 Å². The molecule has 2 aromatic carbocycles. The lowest BCUT2D eigenvalue weighted by Gasteiger charge is -2.02. The fourth-order valence-corrected chi connectivity index (χ4v) is 2.83. The predicted octanol–water partition coefficient (Wildman–Crippen LogP) is 4.63. The molecule has 0 unspecified atom stereocenters. The molecule has 0 aliphatic rings. The molecular weight excluding hydrogens is 383 g/mol. The minimum Gasteiger partial charge on any atom is -0.355 e. The molecule has 8 heteroatoms. The summed E-state index contributed by atoms with van der Waals surface area (Å²) in [6, 6.07) is 16.9. The highest BCUT2D eigenvalue weighted by Crippen LogP contribution is 2.23. The number of anilines is 1. The second-order valence-electron chi connectivity index (χ2n) is 6.05. The van der Waals surface area contributed by atoms with Gasteiger partial charge in [-0.3, -0.25) is 9.48 Å². The van der Waals surface area contributed by atoms with Gasteiger partial charge < -0.3 is 9.84 Å². The first-order chi connectivity index (χ1) is 13.6. The third kappa shape index (κ3) is 3.94. The maximum absolute atomic E-state index is 13.0. The first-order valence-corrected chi connectivity index (χ1v) is 8.77. The summed E-state index contributed by atoms with van der Waals surface area (Å²) in [5, 5.41) is 11.0. The van der Waals surface area contributed by atoms with E-state index in [1.54, 1.807) is 29.1 Å². The fourth-order valence-electron chi connectivity index (χ4n) is 2.63. The Bertz CT molecular complexity index is 1110. The zero-order chi connectivity index (χ0) is 19.5. The summed E-state index contributed by atoms with van der Waals surface area (Å²) in [7, 11) is 0. The van der Waals surface area contributed by atoms with Gasteiger partial charge in [0.2, 0.25) is 0 Å². The predicted molar refractivity (Wildman–Crippen MR) is 103 cm³/mol. The summed E-state index contributed by atoms with van der Waals surface area (Å²) < 4.78 is 19.8. The molecule has 0 bridgehead atoms. The lowest BCUT2D eigenvalue weighted by Crippen LogP contribution is -2.13. The Morgan fingerprint density at radius 3 is 2.64 bits per heavy atom. The topological polar surface area (TPSA) is 73.0 Å². The third-order valence-corrected chi connectivity index (χ3v) is 4.28. The third-order valence-electron chi connectivity index (χ3n) is 4.01. The minimum absolute atomic E-state index is 0.114. The number of carbonyl (C=O) groups is 1. The molecular formula is C20H14ClFN4O2. The normalized spacial score (nSPS) is 10.8. The molecule has 0 radical (unpaired) electrons. The standard InChI is InChI=1S/C20H14ClFN4O2/c21-16-12-26(11-13-6-8-15(22)9-7-13)24-19(16)23-20(27)17-10-18(28-25-17)14-4-2-1-3-5-14/h1-10,12H,11H2,(H,23,24,27). The minimum atomic E-state index is -0.486. The molecule has 1 N–H and O–H groups in total. The van der Waals surface area contributed by atoms with Gasteiger partial charge in [-0.15, -0.1) is 0 Å². The van der Waals surface area contributed by atoms with E-state index >= 15 is 0 Å². The van der Waals surface area contributed by atoms with Crippen LogP contribution in [0, 0.1) is 5.82 Å². The van der Waals surface area contributed by atoms with Gasteiger partial charge in [-0.05, 0) is 17.7 Å². The van der Waals surface area contributed by atoms with Gasteiger partial charge in [-0.25, -0.2) is 4.39 Å². The Labute approximate surface area is 164 Å². The number of nitrogens with zero attached hydrogens (tertiary/aromatic N) is 3. The zero-order valence-corrected chi connectivity index (χ0v) is 15.2. The van der Waals surface area contributed by atoms with Crippen LogP contribution in [0.15, 0.2) is 71.4 Å². The van der Waals surface area contributed by atoms with Crippen molar-refractivity contribution < 1.29 is 13.7 Å². The number of halogens is 2. The highest BCUT2D eigenvalue weighted by molar-refractivity contribution is 6.33. The molecule has 4 rings (SSSR count). The van der Waals surface area contributed by atoms with E-state index in [1.165, 1.54) is 12.1 Å². The molecule has 0 aliphatic heterocycles. The molecule has 0 atom stereocenters. The smallest absolute Gasteiger partial charge is 0.279 e. The average Bonchev–Trinajstić information content (AvgIpc) is 3.32. The van der Waals surface area contributed by atoms with Crippen LogP contribution in [-0.4, -0.2) is 20.8 Å². The second-order valence-corrected chi connectivity index (χ2v) is 6.45. The number of benzene rings is 2. The van der Waals surface area contributed by atoms with E-state index in [0.29, 0.717) is 12.3 Å². The summed E-state index contributed by atoms with van der Waals surface area (Å²) in [5.74, 6) is -0.103. The first kappa shape index (κ1) is 17.9. The van der Waals surface area contributed by atoms with Crippen LogP contribution in [0.2, 0.25) is 5.02 Å². The van der Waals surface area contributed by atoms with Crippen molar-refractivity contribution in [1.82, 2.24) is 14.9 Å². The highest BCUT2D eigenvalue weighted by atomic mass is 35.5. The molecule has 4 aromatic rings. The van der Waals surface area contributed by atoms with Crippen LogP contribution < -0.4 is 5.32 Å². The maximum Gasteiger partial charge on any atom is 0.279 e. The van der Waals surface area contributed by atoms with Gasteiger partial charge in [-0.1, -0.05) is 59.2 Å². The number of rotatable bonds is 5. The molecule has 6 nitrogen and oxygen atoms in total. The van der Waals surface area contributed by atoms with Crippen molar-refractivity contribution in [3.8, 4) is 11.3 Å². The van der Waals surface area contributed by atoms with Crippen molar-refractivity contribution in [3.05, 3.63) is 89.0 Å².